The Morgan fingerprint density at radius 1 is 1.48 bits per heavy atom. The number of fused-ring (bicyclic) bond motifs is 1. The number of hydrogen-bond donors (Lipinski definition) is 2. The van der Waals surface area contributed by atoms with Gasteiger partial charge in [-0.05, 0) is 18.2 Å². The monoisotopic (exact) mass is 288 g/mol. The summed E-state index contributed by atoms with van der Waals surface area (Å²) in [4.78, 5) is 35.3. The summed E-state index contributed by atoms with van der Waals surface area (Å²) >= 11 is 0. The molecular formula is C14H12N2O5. The number of carboxylic acid groups (broad SMARTS) is 1. The van der Waals surface area contributed by atoms with Gasteiger partial charge >= 0.3 is 5.97 Å². The topological polar surface area (TPSA) is 95.9 Å². The first kappa shape index (κ1) is 14.4. The summed E-state index contributed by atoms with van der Waals surface area (Å²) in [5.41, 5.74) is 0.587. The van der Waals surface area contributed by atoms with Gasteiger partial charge in [0.15, 0.2) is 6.61 Å². The van der Waals surface area contributed by atoms with Crippen LogP contribution in [-0.2, 0) is 9.59 Å². The van der Waals surface area contributed by atoms with Gasteiger partial charge in [0.25, 0.3) is 11.8 Å². The van der Waals surface area contributed by atoms with E-state index in [1.807, 2.05) is 0 Å². The minimum absolute atomic E-state index is 0.0808. The molecule has 0 saturated carbocycles. The zero-order chi connectivity index (χ0) is 15.4. The molecule has 1 aliphatic heterocycles. The number of nitrogens with zero attached hydrogens (tertiary/aromatic N) is 1. The van der Waals surface area contributed by atoms with Gasteiger partial charge in [-0.2, -0.15) is 0 Å². The molecular weight excluding hydrogens is 276 g/mol. The summed E-state index contributed by atoms with van der Waals surface area (Å²) in [6.45, 7) is -0.698. The molecule has 2 N–H and O–H groups in total. The number of benzene rings is 1. The third-order valence-corrected chi connectivity index (χ3v) is 2.75. The molecule has 0 fully saturated rings. The Morgan fingerprint density at radius 2 is 2.24 bits per heavy atom. The average molecular weight is 288 g/mol. The van der Waals surface area contributed by atoms with E-state index in [4.69, 9.17) is 16.3 Å². The molecule has 7 heteroatoms. The van der Waals surface area contributed by atoms with Crippen LogP contribution >= 0.6 is 0 Å². The number of aliphatic carboxylic acids is 1. The molecule has 0 radical (unpaired) electrons. The molecule has 0 aliphatic carbocycles. The minimum atomic E-state index is -1.16. The van der Waals surface area contributed by atoms with Crippen LogP contribution in [0.1, 0.15) is 10.4 Å². The van der Waals surface area contributed by atoms with Crippen LogP contribution in [0.15, 0.2) is 18.2 Å². The highest BCUT2D eigenvalue weighted by Crippen LogP contribution is 2.28. The van der Waals surface area contributed by atoms with Gasteiger partial charge in [0, 0.05) is 5.56 Å². The third-order valence-electron chi connectivity index (χ3n) is 2.75. The van der Waals surface area contributed by atoms with Gasteiger partial charge in [-0.15, -0.1) is 6.42 Å². The van der Waals surface area contributed by atoms with E-state index in [-0.39, 0.29) is 24.6 Å². The van der Waals surface area contributed by atoms with Crippen LogP contribution in [0.5, 0.6) is 5.75 Å². The minimum Gasteiger partial charge on any atom is -0.482 e. The molecule has 1 aromatic carbocycles. The first-order valence-electron chi connectivity index (χ1n) is 6.02. The zero-order valence-electron chi connectivity index (χ0n) is 11.0. The Labute approximate surface area is 120 Å². The highest BCUT2D eigenvalue weighted by Gasteiger charge is 2.21. The summed E-state index contributed by atoms with van der Waals surface area (Å²) < 4.78 is 5.18. The van der Waals surface area contributed by atoms with Gasteiger partial charge in [0.1, 0.15) is 12.3 Å². The predicted octanol–water partition coefficient (Wildman–Crippen LogP) is 0.178. The van der Waals surface area contributed by atoms with Crippen molar-refractivity contribution in [3.05, 3.63) is 23.8 Å². The Morgan fingerprint density at radius 3 is 2.90 bits per heavy atom. The fraction of sp³-hybridized carbons (Fsp3) is 0.214. The molecule has 2 amide bonds. The number of ether oxygens (including phenoxy) is 1. The van der Waals surface area contributed by atoms with Crippen LogP contribution < -0.4 is 10.1 Å². The summed E-state index contributed by atoms with van der Waals surface area (Å²) in [5, 5.41) is 11.4. The molecule has 0 aromatic heterocycles. The second kappa shape index (κ2) is 5.96. The average Bonchev–Trinajstić information content (AvgIpc) is 2.44. The smallest absolute Gasteiger partial charge is 0.323 e. The van der Waals surface area contributed by atoms with Crippen molar-refractivity contribution in [1.29, 1.82) is 0 Å². The van der Waals surface area contributed by atoms with E-state index in [0.717, 1.165) is 4.90 Å². The van der Waals surface area contributed by atoms with E-state index in [2.05, 4.69) is 11.2 Å². The lowest BCUT2D eigenvalue weighted by atomic mass is 10.1. The van der Waals surface area contributed by atoms with Crippen molar-refractivity contribution >= 4 is 23.5 Å². The number of carbonyl (C=O) groups excluding carboxylic acids is 2. The third kappa shape index (κ3) is 3.30. The van der Waals surface area contributed by atoms with Crippen molar-refractivity contribution in [3.8, 4) is 18.1 Å². The highest BCUT2D eigenvalue weighted by molar-refractivity contribution is 6.00. The van der Waals surface area contributed by atoms with Crippen molar-refractivity contribution < 1.29 is 24.2 Å². The molecule has 0 unspecified atom stereocenters. The van der Waals surface area contributed by atoms with E-state index in [0.29, 0.717) is 11.4 Å². The number of anilines is 1. The molecule has 0 atom stereocenters. The highest BCUT2D eigenvalue weighted by atomic mass is 16.5. The fourth-order valence-electron chi connectivity index (χ4n) is 1.87. The number of amides is 2. The van der Waals surface area contributed by atoms with Crippen molar-refractivity contribution in [1.82, 2.24) is 4.90 Å². The van der Waals surface area contributed by atoms with Gasteiger partial charge in [-0.3, -0.25) is 14.4 Å². The van der Waals surface area contributed by atoms with Crippen LogP contribution in [-0.4, -0.2) is 47.5 Å². The largest absolute Gasteiger partial charge is 0.482 e. The van der Waals surface area contributed by atoms with E-state index >= 15 is 0 Å². The van der Waals surface area contributed by atoms with Crippen molar-refractivity contribution in [2.75, 3.05) is 25.0 Å². The molecule has 108 valence electrons. The van der Waals surface area contributed by atoms with E-state index in [1.54, 1.807) is 0 Å². The molecule has 1 aromatic rings. The first-order chi connectivity index (χ1) is 10.0. The number of carbonyl (C=O) groups is 3. The summed E-state index contributed by atoms with van der Waals surface area (Å²) in [6, 6.07) is 4.46. The Kier molecular flexibility index (Phi) is 4.09. The number of carboxylic acids is 1. The standard InChI is InChI=1S/C14H12N2O5/c1-2-5-16(7-13(18)19)14(20)9-3-4-11-10(6-9)15-12(17)8-21-11/h1,3-4,6H,5,7-8H2,(H,15,17)(H,18,19). The summed E-state index contributed by atoms with van der Waals surface area (Å²) in [5.74, 6) is 0.682. The molecule has 2 rings (SSSR count). The van der Waals surface area contributed by atoms with Crippen LogP contribution in [0.25, 0.3) is 0 Å². The van der Waals surface area contributed by atoms with Gasteiger partial charge in [0.2, 0.25) is 0 Å². The Hall–Kier alpha value is -3.01. The predicted molar refractivity (Wildman–Crippen MR) is 72.9 cm³/mol. The molecule has 7 nitrogen and oxygen atoms in total. The van der Waals surface area contributed by atoms with Gasteiger partial charge < -0.3 is 20.1 Å². The lowest BCUT2D eigenvalue weighted by Gasteiger charge is -2.21. The fourth-order valence-corrected chi connectivity index (χ4v) is 1.87. The summed E-state index contributed by atoms with van der Waals surface area (Å²) in [6.07, 6.45) is 5.14. The second-order valence-electron chi connectivity index (χ2n) is 4.31. The lowest BCUT2D eigenvalue weighted by Crippen LogP contribution is -2.36. The molecule has 21 heavy (non-hydrogen) atoms. The van der Waals surface area contributed by atoms with E-state index in [1.165, 1.54) is 18.2 Å². The van der Waals surface area contributed by atoms with Crippen LogP contribution in [0, 0.1) is 12.3 Å². The molecule has 1 aliphatic rings. The SMILES string of the molecule is C#CCN(CC(=O)O)C(=O)c1ccc2c(c1)NC(=O)CO2. The lowest BCUT2D eigenvalue weighted by molar-refractivity contribution is -0.137. The van der Waals surface area contributed by atoms with E-state index < -0.39 is 18.4 Å². The maximum Gasteiger partial charge on any atom is 0.323 e. The van der Waals surface area contributed by atoms with E-state index in [9.17, 15) is 14.4 Å². The number of hydrogen-bond acceptors (Lipinski definition) is 4. The molecule has 0 bridgehead atoms. The Bertz CT molecular complexity index is 647. The normalized spacial score (nSPS) is 12.4. The quantitative estimate of drug-likeness (QED) is 0.770. The van der Waals surface area contributed by atoms with Crippen molar-refractivity contribution in [2.24, 2.45) is 0 Å². The second-order valence-corrected chi connectivity index (χ2v) is 4.31. The first-order valence-corrected chi connectivity index (χ1v) is 6.02. The van der Waals surface area contributed by atoms with Gasteiger partial charge in [-0.25, -0.2) is 0 Å². The van der Waals surface area contributed by atoms with Crippen LogP contribution in [0.2, 0.25) is 0 Å². The summed E-state index contributed by atoms with van der Waals surface area (Å²) in [7, 11) is 0. The molecule has 1 heterocycles. The maximum absolute atomic E-state index is 12.3. The Balaban J connectivity index is 2.26. The van der Waals surface area contributed by atoms with Gasteiger partial charge in [-0.1, -0.05) is 5.92 Å². The number of rotatable bonds is 4. The van der Waals surface area contributed by atoms with Crippen molar-refractivity contribution in [3.63, 3.8) is 0 Å². The zero-order valence-corrected chi connectivity index (χ0v) is 11.0. The molecule has 0 spiro atoms. The van der Waals surface area contributed by atoms with Crippen LogP contribution in [0.3, 0.4) is 0 Å². The number of terminal acetylenes is 1. The van der Waals surface area contributed by atoms with Crippen molar-refractivity contribution in [2.45, 2.75) is 0 Å². The van der Waals surface area contributed by atoms with Gasteiger partial charge in [0.05, 0.1) is 12.2 Å². The number of nitrogens with one attached hydrogen (secondary N) is 1. The molecule has 0 saturated heterocycles. The maximum atomic E-state index is 12.3. The van der Waals surface area contributed by atoms with Crippen LogP contribution in [0.4, 0.5) is 5.69 Å².